The van der Waals surface area contributed by atoms with Crippen molar-refractivity contribution in [3.63, 3.8) is 0 Å². The largest absolute Gasteiger partial charge is 0.497 e. The smallest absolute Gasteiger partial charge is 0.336 e. The summed E-state index contributed by atoms with van der Waals surface area (Å²) in [5, 5.41) is 12.1. The number of aliphatic hydroxyl groups is 1. The van der Waals surface area contributed by atoms with Crippen molar-refractivity contribution in [1.82, 2.24) is 0 Å². The summed E-state index contributed by atoms with van der Waals surface area (Å²) in [4.78, 5) is 13.4. The molecule has 0 saturated heterocycles. The zero-order valence-electron chi connectivity index (χ0n) is 37.6. The molecular weight excluding hydrogens is 717 g/mol. The van der Waals surface area contributed by atoms with Crippen molar-refractivity contribution < 1.29 is 37.4 Å². The monoisotopic (exact) mass is 797 g/mol. The zero-order chi connectivity index (χ0) is 41.5. The highest BCUT2D eigenvalue weighted by Gasteiger charge is 2.48. The molecule has 1 N–H and O–H groups in total. The van der Waals surface area contributed by atoms with Gasteiger partial charge in [-0.3, -0.25) is 0 Å². The van der Waals surface area contributed by atoms with Crippen molar-refractivity contribution >= 4 is 30.9 Å². The Hall–Kier alpha value is -1.32. The van der Waals surface area contributed by atoms with Gasteiger partial charge in [0, 0.05) is 18.4 Å². The van der Waals surface area contributed by atoms with E-state index in [1.54, 1.807) is 7.11 Å². The second-order valence-electron chi connectivity index (χ2n) is 19.9. The molecule has 0 aromatic heterocycles. The summed E-state index contributed by atoms with van der Waals surface area (Å²) in [6, 6.07) is 7.80. The summed E-state index contributed by atoms with van der Waals surface area (Å²) in [5.74, 6) is -0.416. The van der Waals surface area contributed by atoms with Gasteiger partial charge in [0.05, 0.1) is 39.1 Å². The van der Waals surface area contributed by atoms with Crippen molar-refractivity contribution in [2.75, 3.05) is 20.8 Å². The van der Waals surface area contributed by atoms with Crippen LogP contribution in [0.5, 0.6) is 5.75 Å². The Balaban J connectivity index is 3.81. The molecule has 1 aromatic carbocycles. The van der Waals surface area contributed by atoms with E-state index >= 15 is 0 Å². The first-order valence-electron chi connectivity index (χ1n) is 19.5. The topological polar surface area (TPSA) is 92.7 Å². The quantitative estimate of drug-likeness (QED) is 0.0841. The van der Waals surface area contributed by atoms with Gasteiger partial charge in [-0.15, -0.1) is 0 Å². The molecule has 0 spiro atoms. The SMILES string of the molecule is COC(=O)[C@H](O[Si](C)(C)C(C)(C)C)[C@@H](O)[C@H](C)[C@@H](OCc1ccc(OC)cc1)[C@H](C)[C@@H](O[Si](C)(C)C(C)(C)C)/C(C)=C/[C@H](C)CO[Si](C)(C)C(C)(C)C. The number of hydrogen-bond acceptors (Lipinski definition) is 8. The number of ether oxygens (including phenoxy) is 3. The maximum Gasteiger partial charge on any atom is 0.336 e. The Kier molecular flexibility index (Phi) is 18.0. The normalized spacial score (nSPS) is 18.1. The highest BCUT2D eigenvalue weighted by atomic mass is 28.4. The number of carbonyl (C=O) groups is 1. The van der Waals surface area contributed by atoms with E-state index in [0.717, 1.165) is 16.9 Å². The van der Waals surface area contributed by atoms with E-state index in [1.165, 1.54) is 7.11 Å². The molecule has 0 aliphatic heterocycles. The van der Waals surface area contributed by atoms with E-state index in [1.807, 2.05) is 31.2 Å². The lowest BCUT2D eigenvalue weighted by atomic mass is 9.82. The zero-order valence-corrected chi connectivity index (χ0v) is 40.6. The first-order chi connectivity index (χ1) is 23.8. The summed E-state index contributed by atoms with van der Waals surface area (Å²) in [6.45, 7) is 42.5. The van der Waals surface area contributed by atoms with Crippen LogP contribution in [-0.2, 0) is 34.2 Å². The number of methoxy groups -OCH3 is 2. The number of esters is 1. The Labute approximate surface area is 328 Å². The number of benzene rings is 1. The molecule has 1 rings (SSSR count). The van der Waals surface area contributed by atoms with Crippen LogP contribution in [0, 0.1) is 17.8 Å². The maximum atomic E-state index is 13.4. The van der Waals surface area contributed by atoms with Gasteiger partial charge < -0.3 is 32.6 Å². The third kappa shape index (κ3) is 14.0. The van der Waals surface area contributed by atoms with Crippen LogP contribution in [0.4, 0.5) is 0 Å². The molecule has 0 aliphatic carbocycles. The van der Waals surface area contributed by atoms with Crippen LogP contribution in [-0.4, -0.2) is 81.3 Å². The minimum atomic E-state index is -2.49. The molecule has 0 aliphatic rings. The van der Waals surface area contributed by atoms with Crippen LogP contribution >= 0.6 is 0 Å². The van der Waals surface area contributed by atoms with Gasteiger partial charge in [0.1, 0.15) is 5.75 Å². The predicted octanol–water partition coefficient (Wildman–Crippen LogP) is 10.8. The first kappa shape index (κ1) is 49.7. The van der Waals surface area contributed by atoms with E-state index in [4.69, 9.17) is 27.5 Å². The lowest BCUT2D eigenvalue weighted by molar-refractivity contribution is -0.162. The van der Waals surface area contributed by atoms with Crippen LogP contribution in [0.1, 0.15) is 95.6 Å². The van der Waals surface area contributed by atoms with Crippen molar-refractivity contribution in [3.8, 4) is 5.75 Å². The molecule has 0 radical (unpaired) electrons. The van der Waals surface area contributed by atoms with Crippen LogP contribution < -0.4 is 4.74 Å². The molecule has 308 valence electrons. The minimum absolute atomic E-state index is 0.0418. The summed E-state index contributed by atoms with van der Waals surface area (Å²) in [5.41, 5.74) is 2.08. The molecule has 0 bridgehead atoms. The standard InChI is InChI=1S/C42H80O8Si3/c1-29(27-48-51(16,17)40(5,6)7)26-30(2)36(49-52(18,19)41(8,9)10)32(4)37(47-28-33-22-24-34(45-14)25-23-33)31(3)35(43)38(39(44)46-15)50-53(20,21)42(11,12)13/h22-26,29,31-32,35-38,43H,27-28H2,1-21H3/b30-26+/t29-,31-,32+,35-,36-,37+,38+/m0/s1. The van der Waals surface area contributed by atoms with Gasteiger partial charge in [-0.2, -0.15) is 0 Å². The second kappa shape index (κ2) is 19.2. The first-order valence-corrected chi connectivity index (χ1v) is 28.2. The number of carbonyl (C=O) groups excluding carboxylic acids is 1. The van der Waals surface area contributed by atoms with Gasteiger partial charge in [0.2, 0.25) is 0 Å². The van der Waals surface area contributed by atoms with Crippen molar-refractivity contribution in [2.24, 2.45) is 17.8 Å². The highest BCUT2D eigenvalue weighted by Crippen LogP contribution is 2.42. The van der Waals surface area contributed by atoms with Gasteiger partial charge in [-0.25, -0.2) is 4.79 Å². The highest BCUT2D eigenvalue weighted by molar-refractivity contribution is 6.75. The van der Waals surface area contributed by atoms with E-state index < -0.39 is 55.2 Å². The van der Waals surface area contributed by atoms with E-state index in [0.29, 0.717) is 13.2 Å². The Morgan fingerprint density at radius 2 is 1.19 bits per heavy atom. The van der Waals surface area contributed by atoms with Crippen molar-refractivity contribution in [2.45, 2.75) is 175 Å². The number of hydrogen-bond donors (Lipinski definition) is 1. The summed E-state index contributed by atoms with van der Waals surface area (Å²) in [6.07, 6.45) is -0.923. The fourth-order valence-electron chi connectivity index (χ4n) is 5.46. The lowest BCUT2D eigenvalue weighted by Crippen LogP contribution is -2.55. The van der Waals surface area contributed by atoms with Gasteiger partial charge >= 0.3 is 5.97 Å². The minimum Gasteiger partial charge on any atom is -0.497 e. The molecule has 53 heavy (non-hydrogen) atoms. The lowest BCUT2D eigenvalue weighted by Gasteiger charge is -2.45. The molecule has 0 unspecified atom stereocenters. The van der Waals surface area contributed by atoms with Gasteiger partial charge in [-0.1, -0.05) is 101 Å². The number of rotatable bonds is 19. The summed E-state index contributed by atoms with van der Waals surface area (Å²) >= 11 is 0. The van der Waals surface area contributed by atoms with E-state index in [2.05, 4.69) is 128 Å². The molecule has 11 heteroatoms. The van der Waals surface area contributed by atoms with Gasteiger partial charge in [0.25, 0.3) is 0 Å². The Bertz CT molecular complexity index is 1310. The number of aliphatic hydroxyl groups excluding tert-OH is 1. The molecule has 0 fully saturated rings. The average molecular weight is 797 g/mol. The molecule has 0 saturated carbocycles. The molecule has 0 amide bonds. The van der Waals surface area contributed by atoms with Gasteiger partial charge in [0.15, 0.2) is 31.1 Å². The fraction of sp³-hybridized carbons (Fsp3) is 0.786. The Morgan fingerprint density at radius 1 is 0.736 bits per heavy atom. The predicted molar refractivity (Wildman–Crippen MR) is 228 cm³/mol. The Morgan fingerprint density at radius 3 is 1.60 bits per heavy atom. The van der Waals surface area contributed by atoms with Crippen LogP contribution in [0.3, 0.4) is 0 Å². The fourth-order valence-corrected chi connectivity index (χ4v) is 9.19. The van der Waals surface area contributed by atoms with Crippen LogP contribution in [0.2, 0.25) is 54.4 Å². The average Bonchev–Trinajstić information content (AvgIpc) is 3.03. The van der Waals surface area contributed by atoms with Crippen LogP contribution in [0.25, 0.3) is 0 Å². The summed E-state index contributed by atoms with van der Waals surface area (Å²) < 4.78 is 38.1. The second-order valence-corrected chi connectivity index (χ2v) is 34.2. The molecule has 8 nitrogen and oxygen atoms in total. The van der Waals surface area contributed by atoms with Crippen LogP contribution in [0.15, 0.2) is 35.9 Å². The molecule has 0 heterocycles. The maximum absolute atomic E-state index is 13.4. The molecule has 1 aromatic rings. The van der Waals surface area contributed by atoms with E-state index in [9.17, 15) is 9.90 Å². The van der Waals surface area contributed by atoms with Crippen molar-refractivity contribution in [1.29, 1.82) is 0 Å². The summed E-state index contributed by atoms with van der Waals surface area (Å²) in [7, 11) is -3.75. The third-order valence-electron chi connectivity index (χ3n) is 12.4. The molecular formula is C42H80O8Si3. The van der Waals surface area contributed by atoms with Gasteiger partial charge in [-0.05, 0) is 90.5 Å². The molecule has 7 atom stereocenters. The van der Waals surface area contributed by atoms with Crippen molar-refractivity contribution in [3.05, 3.63) is 41.5 Å². The third-order valence-corrected chi connectivity index (χ3v) is 25.8. The van der Waals surface area contributed by atoms with E-state index in [-0.39, 0.29) is 33.1 Å².